The number of amides is 1. The van der Waals surface area contributed by atoms with Crippen molar-refractivity contribution in [3.63, 3.8) is 0 Å². The lowest BCUT2D eigenvalue weighted by atomic mass is 10.1. The Bertz CT molecular complexity index is 494. The fourth-order valence-corrected chi connectivity index (χ4v) is 4.11. The first kappa shape index (κ1) is 15.2. The van der Waals surface area contributed by atoms with Gasteiger partial charge in [0, 0.05) is 35.9 Å². The highest BCUT2D eigenvalue weighted by Crippen LogP contribution is 2.21. The molecule has 2 heterocycles. The van der Waals surface area contributed by atoms with Crippen molar-refractivity contribution in [3.8, 4) is 0 Å². The quantitative estimate of drug-likeness (QED) is 0.924. The van der Waals surface area contributed by atoms with Gasteiger partial charge in [0.2, 0.25) is 5.91 Å². The normalized spacial score (nSPS) is 24.9. The molecule has 2 atom stereocenters. The number of halogens is 1. The molecule has 5 heteroatoms. The van der Waals surface area contributed by atoms with E-state index >= 15 is 0 Å². The molecule has 1 N–H and O–H groups in total. The van der Waals surface area contributed by atoms with Crippen LogP contribution in [0.15, 0.2) is 24.3 Å². The maximum atomic E-state index is 12.3. The number of carbonyl (C=O) groups excluding carboxylic acids is 1. The van der Waals surface area contributed by atoms with E-state index in [-0.39, 0.29) is 5.91 Å². The minimum absolute atomic E-state index is 0.281. The molecule has 3 rings (SSSR count). The number of benzene rings is 1. The first-order valence-corrected chi connectivity index (χ1v) is 9.10. The van der Waals surface area contributed by atoms with E-state index in [4.69, 9.17) is 11.6 Å². The number of hydrogen-bond acceptors (Lipinski definition) is 3. The van der Waals surface area contributed by atoms with Crippen LogP contribution in [0, 0.1) is 0 Å². The minimum Gasteiger partial charge on any atom is -0.340 e. The van der Waals surface area contributed by atoms with Crippen molar-refractivity contribution in [2.45, 2.75) is 37.1 Å². The molecule has 1 aromatic carbocycles. The summed E-state index contributed by atoms with van der Waals surface area (Å²) in [5.41, 5.74) is 1.22. The monoisotopic (exact) mass is 324 g/mol. The standard InChI is InChI=1S/C16H21ClN2OS/c17-13-3-1-12(2-4-13)10-21-11-16(20)19-8-7-14-5-6-15(9-19)18-14/h1-4,14-15,18H,5-11H2. The second kappa shape index (κ2) is 7.03. The summed E-state index contributed by atoms with van der Waals surface area (Å²) in [6.45, 7) is 1.80. The van der Waals surface area contributed by atoms with Crippen LogP contribution >= 0.6 is 23.4 Å². The molecule has 0 aliphatic carbocycles. The van der Waals surface area contributed by atoms with Gasteiger partial charge in [0.05, 0.1) is 5.75 Å². The number of thioether (sulfide) groups is 1. The Hall–Kier alpha value is -0.710. The fourth-order valence-electron chi connectivity index (χ4n) is 3.10. The van der Waals surface area contributed by atoms with Crippen molar-refractivity contribution < 1.29 is 4.79 Å². The summed E-state index contributed by atoms with van der Waals surface area (Å²) >= 11 is 7.56. The summed E-state index contributed by atoms with van der Waals surface area (Å²) in [4.78, 5) is 14.4. The highest BCUT2D eigenvalue weighted by atomic mass is 35.5. The van der Waals surface area contributed by atoms with Gasteiger partial charge < -0.3 is 10.2 Å². The van der Waals surface area contributed by atoms with Gasteiger partial charge in [0.15, 0.2) is 0 Å². The third-order valence-electron chi connectivity index (χ3n) is 4.28. The van der Waals surface area contributed by atoms with E-state index < -0.39 is 0 Å². The average Bonchev–Trinajstić information content (AvgIpc) is 2.80. The fraction of sp³-hybridized carbons (Fsp3) is 0.562. The third kappa shape index (κ3) is 4.15. The lowest BCUT2D eigenvalue weighted by molar-refractivity contribution is -0.128. The van der Waals surface area contributed by atoms with Crippen LogP contribution < -0.4 is 5.32 Å². The minimum atomic E-state index is 0.281. The van der Waals surface area contributed by atoms with Gasteiger partial charge in [-0.2, -0.15) is 0 Å². The summed E-state index contributed by atoms with van der Waals surface area (Å²) < 4.78 is 0. The smallest absolute Gasteiger partial charge is 0.232 e. The number of nitrogens with zero attached hydrogens (tertiary/aromatic N) is 1. The maximum Gasteiger partial charge on any atom is 0.232 e. The summed E-state index contributed by atoms with van der Waals surface area (Å²) in [5, 5.41) is 4.37. The molecule has 2 aliphatic rings. The van der Waals surface area contributed by atoms with Crippen LogP contribution in [0.2, 0.25) is 5.02 Å². The van der Waals surface area contributed by atoms with Gasteiger partial charge in [-0.1, -0.05) is 23.7 Å². The van der Waals surface area contributed by atoms with Crippen LogP contribution in [0.25, 0.3) is 0 Å². The van der Waals surface area contributed by atoms with Crippen molar-refractivity contribution in [2.75, 3.05) is 18.8 Å². The summed E-state index contributed by atoms with van der Waals surface area (Å²) in [5.74, 6) is 1.71. The Labute approximate surface area is 135 Å². The molecule has 21 heavy (non-hydrogen) atoms. The van der Waals surface area contributed by atoms with Gasteiger partial charge in [-0.05, 0) is 37.0 Å². The van der Waals surface area contributed by atoms with Crippen LogP contribution in [0.1, 0.15) is 24.8 Å². The number of rotatable bonds is 4. The van der Waals surface area contributed by atoms with Gasteiger partial charge >= 0.3 is 0 Å². The van der Waals surface area contributed by atoms with Gasteiger partial charge in [0.1, 0.15) is 0 Å². The summed E-state index contributed by atoms with van der Waals surface area (Å²) in [6, 6.07) is 8.99. The number of nitrogens with one attached hydrogen (secondary N) is 1. The molecule has 1 amide bonds. The SMILES string of the molecule is O=C(CSCc1ccc(Cl)cc1)N1CCC2CCC(C1)N2. The van der Waals surface area contributed by atoms with Crippen LogP contribution in [0.4, 0.5) is 0 Å². The molecule has 114 valence electrons. The highest BCUT2D eigenvalue weighted by Gasteiger charge is 2.30. The largest absolute Gasteiger partial charge is 0.340 e. The van der Waals surface area contributed by atoms with E-state index in [0.29, 0.717) is 17.8 Å². The predicted molar refractivity (Wildman–Crippen MR) is 88.8 cm³/mol. The van der Waals surface area contributed by atoms with Crippen molar-refractivity contribution >= 4 is 29.3 Å². The molecule has 2 bridgehead atoms. The average molecular weight is 325 g/mol. The highest BCUT2D eigenvalue weighted by molar-refractivity contribution is 7.99. The van der Waals surface area contributed by atoms with Crippen LogP contribution in [0.3, 0.4) is 0 Å². The Kier molecular flexibility index (Phi) is 5.09. The third-order valence-corrected chi connectivity index (χ3v) is 5.52. The molecule has 2 fully saturated rings. The van der Waals surface area contributed by atoms with Gasteiger partial charge in [-0.15, -0.1) is 11.8 Å². The van der Waals surface area contributed by atoms with Crippen LogP contribution in [-0.4, -0.2) is 41.7 Å². The Morgan fingerprint density at radius 3 is 2.81 bits per heavy atom. The molecule has 1 aromatic rings. The first-order chi connectivity index (χ1) is 10.2. The Morgan fingerprint density at radius 2 is 2.00 bits per heavy atom. The van der Waals surface area contributed by atoms with E-state index in [0.717, 1.165) is 30.3 Å². The predicted octanol–water partition coefficient (Wildman–Crippen LogP) is 2.93. The van der Waals surface area contributed by atoms with E-state index in [1.54, 1.807) is 11.8 Å². The maximum absolute atomic E-state index is 12.3. The Balaban J connectivity index is 1.44. The van der Waals surface area contributed by atoms with E-state index in [1.165, 1.54) is 18.4 Å². The number of likely N-dealkylation sites (tertiary alicyclic amines) is 1. The first-order valence-electron chi connectivity index (χ1n) is 7.57. The lowest BCUT2D eigenvalue weighted by Gasteiger charge is -2.24. The zero-order valence-corrected chi connectivity index (χ0v) is 13.6. The Morgan fingerprint density at radius 1 is 1.24 bits per heavy atom. The van der Waals surface area contributed by atoms with Gasteiger partial charge in [0.25, 0.3) is 0 Å². The molecule has 0 aromatic heterocycles. The molecule has 2 aliphatic heterocycles. The van der Waals surface area contributed by atoms with E-state index in [1.807, 2.05) is 29.2 Å². The van der Waals surface area contributed by atoms with Crippen LogP contribution in [-0.2, 0) is 10.5 Å². The number of hydrogen-bond donors (Lipinski definition) is 1. The van der Waals surface area contributed by atoms with Gasteiger partial charge in [-0.25, -0.2) is 0 Å². The summed E-state index contributed by atoms with van der Waals surface area (Å²) in [7, 11) is 0. The van der Waals surface area contributed by atoms with E-state index in [9.17, 15) is 4.79 Å². The number of fused-ring (bicyclic) bond motifs is 2. The number of carbonyl (C=O) groups is 1. The van der Waals surface area contributed by atoms with Crippen molar-refractivity contribution in [1.29, 1.82) is 0 Å². The molecule has 3 nitrogen and oxygen atoms in total. The molecule has 0 spiro atoms. The van der Waals surface area contributed by atoms with Crippen molar-refractivity contribution in [2.24, 2.45) is 0 Å². The van der Waals surface area contributed by atoms with E-state index in [2.05, 4.69) is 5.32 Å². The topological polar surface area (TPSA) is 32.3 Å². The zero-order chi connectivity index (χ0) is 14.7. The molecule has 2 unspecified atom stereocenters. The molecule has 2 saturated heterocycles. The second-order valence-electron chi connectivity index (χ2n) is 5.89. The lowest BCUT2D eigenvalue weighted by Crippen LogP contribution is -2.39. The van der Waals surface area contributed by atoms with Gasteiger partial charge in [-0.3, -0.25) is 4.79 Å². The van der Waals surface area contributed by atoms with Crippen LogP contribution in [0.5, 0.6) is 0 Å². The zero-order valence-electron chi connectivity index (χ0n) is 12.1. The van der Waals surface area contributed by atoms with Crippen molar-refractivity contribution in [3.05, 3.63) is 34.9 Å². The molecule has 0 radical (unpaired) electrons. The molecule has 0 saturated carbocycles. The molecular formula is C16H21ClN2OS. The molecular weight excluding hydrogens is 304 g/mol. The second-order valence-corrected chi connectivity index (χ2v) is 7.31. The van der Waals surface area contributed by atoms with Crippen molar-refractivity contribution in [1.82, 2.24) is 10.2 Å². The summed E-state index contributed by atoms with van der Waals surface area (Å²) in [6.07, 6.45) is 3.59.